The summed E-state index contributed by atoms with van der Waals surface area (Å²) in [6.07, 6.45) is 0.284. The smallest absolute Gasteiger partial charge is 0.228 e. The zero-order valence-electron chi connectivity index (χ0n) is 13.1. The molecule has 1 amide bonds. The fourth-order valence-corrected chi connectivity index (χ4v) is 2.97. The van der Waals surface area contributed by atoms with Crippen molar-refractivity contribution in [2.24, 2.45) is 0 Å². The molecule has 0 aromatic heterocycles. The minimum absolute atomic E-state index is 0.127. The van der Waals surface area contributed by atoms with E-state index in [0.717, 1.165) is 37.6 Å². The molecule has 126 valence electrons. The molecule has 4 nitrogen and oxygen atoms in total. The lowest BCUT2D eigenvalue weighted by Gasteiger charge is -2.28. The first-order chi connectivity index (χ1) is 11.6. The topological polar surface area (TPSA) is 41.6 Å². The number of hydrogen-bond donors (Lipinski definition) is 1. The molecule has 1 fully saturated rings. The first kappa shape index (κ1) is 17.1. The monoisotopic (exact) mass is 364 g/mol. The van der Waals surface area contributed by atoms with Crippen molar-refractivity contribution >= 4 is 40.5 Å². The average Bonchev–Trinajstić information content (AvgIpc) is 2.60. The van der Waals surface area contributed by atoms with Crippen molar-refractivity contribution in [1.82, 2.24) is 0 Å². The van der Waals surface area contributed by atoms with Gasteiger partial charge in [0.05, 0.1) is 35.4 Å². The van der Waals surface area contributed by atoms with Gasteiger partial charge in [0.25, 0.3) is 0 Å². The Bertz CT molecular complexity index is 713. The number of halogens is 2. The maximum atomic E-state index is 12.2. The third-order valence-electron chi connectivity index (χ3n) is 3.90. The molecule has 1 aliphatic heterocycles. The highest BCUT2D eigenvalue weighted by atomic mass is 35.5. The van der Waals surface area contributed by atoms with E-state index in [9.17, 15) is 4.79 Å². The van der Waals surface area contributed by atoms with Crippen LogP contribution >= 0.6 is 23.2 Å². The number of nitrogens with zero attached hydrogens (tertiary/aromatic N) is 1. The predicted molar refractivity (Wildman–Crippen MR) is 98.3 cm³/mol. The van der Waals surface area contributed by atoms with E-state index in [1.807, 2.05) is 24.3 Å². The van der Waals surface area contributed by atoms with Crippen LogP contribution in [0, 0.1) is 0 Å². The average molecular weight is 365 g/mol. The van der Waals surface area contributed by atoms with Crippen LogP contribution in [0.1, 0.15) is 5.56 Å². The molecule has 1 aliphatic rings. The van der Waals surface area contributed by atoms with E-state index >= 15 is 0 Å². The van der Waals surface area contributed by atoms with Gasteiger partial charge in [-0.05, 0) is 29.8 Å². The zero-order chi connectivity index (χ0) is 16.9. The molecule has 6 heteroatoms. The number of carbonyl (C=O) groups excluding carboxylic acids is 1. The number of nitrogens with one attached hydrogen (secondary N) is 1. The van der Waals surface area contributed by atoms with Crippen LogP contribution in [0.5, 0.6) is 0 Å². The van der Waals surface area contributed by atoms with Gasteiger partial charge in [-0.15, -0.1) is 0 Å². The summed E-state index contributed by atoms with van der Waals surface area (Å²) in [5.41, 5.74) is 2.63. The molecule has 1 N–H and O–H groups in total. The van der Waals surface area contributed by atoms with Crippen LogP contribution in [0.2, 0.25) is 10.0 Å². The number of benzene rings is 2. The van der Waals surface area contributed by atoms with Crippen LogP contribution in [0.3, 0.4) is 0 Å². The van der Waals surface area contributed by atoms with Gasteiger partial charge < -0.3 is 15.0 Å². The number of anilines is 2. The van der Waals surface area contributed by atoms with Crippen LogP contribution in [0.15, 0.2) is 42.5 Å². The summed E-state index contributed by atoms with van der Waals surface area (Å²) in [7, 11) is 0. The van der Waals surface area contributed by atoms with Gasteiger partial charge in [-0.1, -0.05) is 41.4 Å². The Morgan fingerprint density at radius 2 is 1.79 bits per heavy atom. The minimum atomic E-state index is -0.127. The van der Waals surface area contributed by atoms with E-state index in [0.29, 0.717) is 15.7 Å². The highest BCUT2D eigenvalue weighted by Gasteiger charge is 2.12. The van der Waals surface area contributed by atoms with E-state index in [1.165, 1.54) is 0 Å². The summed E-state index contributed by atoms with van der Waals surface area (Å²) >= 11 is 12.0. The van der Waals surface area contributed by atoms with Crippen molar-refractivity contribution < 1.29 is 9.53 Å². The van der Waals surface area contributed by atoms with E-state index in [-0.39, 0.29) is 12.3 Å². The number of amides is 1. The molecular formula is C18H18Cl2N2O2. The molecule has 0 bridgehead atoms. The Morgan fingerprint density at radius 1 is 1.08 bits per heavy atom. The fraction of sp³-hybridized carbons (Fsp3) is 0.278. The number of rotatable bonds is 4. The number of carbonyl (C=O) groups is 1. The lowest BCUT2D eigenvalue weighted by Crippen LogP contribution is -2.36. The lowest BCUT2D eigenvalue weighted by molar-refractivity contribution is -0.115. The largest absolute Gasteiger partial charge is 0.378 e. The summed E-state index contributed by atoms with van der Waals surface area (Å²) in [4.78, 5) is 14.5. The summed E-state index contributed by atoms with van der Waals surface area (Å²) < 4.78 is 5.36. The normalized spacial score (nSPS) is 14.5. The van der Waals surface area contributed by atoms with E-state index in [2.05, 4.69) is 10.2 Å². The van der Waals surface area contributed by atoms with Crippen LogP contribution in [-0.4, -0.2) is 32.2 Å². The Balaban J connectivity index is 1.61. The molecule has 2 aromatic rings. The number of ether oxygens (including phenoxy) is 1. The maximum Gasteiger partial charge on any atom is 0.228 e. The summed E-state index contributed by atoms with van der Waals surface area (Å²) in [5.74, 6) is -0.127. The van der Waals surface area contributed by atoms with Crippen LogP contribution in [0.25, 0.3) is 0 Å². The Hall–Kier alpha value is -1.75. The molecule has 0 spiro atoms. The highest BCUT2D eigenvalue weighted by molar-refractivity contribution is 6.43. The van der Waals surface area contributed by atoms with E-state index in [1.54, 1.807) is 18.2 Å². The first-order valence-electron chi connectivity index (χ1n) is 7.79. The third kappa shape index (κ3) is 4.20. The Kier molecular flexibility index (Phi) is 5.61. The van der Waals surface area contributed by atoms with Crippen molar-refractivity contribution in [2.45, 2.75) is 6.42 Å². The van der Waals surface area contributed by atoms with Crippen molar-refractivity contribution in [3.05, 3.63) is 58.1 Å². The molecule has 24 heavy (non-hydrogen) atoms. The second-order valence-electron chi connectivity index (χ2n) is 5.59. The summed E-state index contributed by atoms with van der Waals surface area (Å²) in [6, 6.07) is 13.2. The molecule has 0 unspecified atom stereocenters. The zero-order valence-corrected chi connectivity index (χ0v) is 14.6. The molecule has 3 rings (SSSR count). The second-order valence-corrected chi connectivity index (χ2v) is 6.38. The first-order valence-corrected chi connectivity index (χ1v) is 8.54. The second kappa shape index (κ2) is 7.88. The van der Waals surface area contributed by atoms with Crippen molar-refractivity contribution in [3.8, 4) is 0 Å². The van der Waals surface area contributed by atoms with Crippen molar-refractivity contribution in [3.63, 3.8) is 0 Å². The van der Waals surface area contributed by atoms with Gasteiger partial charge in [0, 0.05) is 18.8 Å². The van der Waals surface area contributed by atoms with Crippen LogP contribution in [0.4, 0.5) is 11.4 Å². The molecule has 0 radical (unpaired) electrons. The predicted octanol–water partition coefficient (Wildman–Crippen LogP) is 4.01. The molecule has 0 atom stereocenters. The maximum absolute atomic E-state index is 12.2. The molecule has 0 aliphatic carbocycles. The Morgan fingerprint density at radius 3 is 2.50 bits per heavy atom. The Labute approximate surface area is 151 Å². The molecular weight excluding hydrogens is 347 g/mol. The van der Waals surface area contributed by atoms with Gasteiger partial charge in [-0.2, -0.15) is 0 Å². The molecule has 1 heterocycles. The SMILES string of the molecule is O=C(Cc1ccc(N2CCOCC2)cc1)Nc1cccc(Cl)c1Cl. The van der Waals surface area contributed by atoms with Crippen molar-refractivity contribution in [2.75, 3.05) is 36.5 Å². The van der Waals surface area contributed by atoms with Gasteiger partial charge in [-0.25, -0.2) is 0 Å². The number of hydrogen-bond acceptors (Lipinski definition) is 3. The third-order valence-corrected chi connectivity index (χ3v) is 4.72. The molecule has 2 aromatic carbocycles. The van der Waals surface area contributed by atoms with Crippen LogP contribution in [-0.2, 0) is 16.0 Å². The quantitative estimate of drug-likeness (QED) is 0.890. The van der Waals surface area contributed by atoms with Gasteiger partial charge in [-0.3, -0.25) is 4.79 Å². The van der Waals surface area contributed by atoms with E-state index in [4.69, 9.17) is 27.9 Å². The highest BCUT2D eigenvalue weighted by Crippen LogP contribution is 2.29. The minimum Gasteiger partial charge on any atom is -0.378 e. The van der Waals surface area contributed by atoms with Gasteiger partial charge in [0.1, 0.15) is 0 Å². The lowest BCUT2D eigenvalue weighted by atomic mass is 10.1. The van der Waals surface area contributed by atoms with E-state index < -0.39 is 0 Å². The standard InChI is InChI=1S/C18H18Cl2N2O2/c19-15-2-1-3-16(18(15)20)21-17(23)12-13-4-6-14(7-5-13)22-8-10-24-11-9-22/h1-7H,8-12H2,(H,21,23). The molecule has 1 saturated heterocycles. The van der Waals surface area contributed by atoms with Crippen LogP contribution < -0.4 is 10.2 Å². The van der Waals surface area contributed by atoms with Gasteiger partial charge in [0.15, 0.2) is 0 Å². The van der Waals surface area contributed by atoms with Crippen molar-refractivity contribution in [1.29, 1.82) is 0 Å². The molecule has 0 saturated carbocycles. The summed E-state index contributed by atoms with van der Waals surface area (Å²) in [6.45, 7) is 3.30. The van der Waals surface area contributed by atoms with Gasteiger partial charge in [0.2, 0.25) is 5.91 Å². The van der Waals surface area contributed by atoms with Gasteiger partial charge >= 0.3 is 0 Å². The number of morpholine rings is 1. The summed E-state index contributed by atoms with van der Waals surface area (Å²) in [5, 5.41) is 3.57. The fourth-order valence-electron chi connectivity index (χ4n) is 2.63.